The molecule has 166 valence electrons. The minimum atomic E-state index is -0.257. The molecule has 1 heterocycles. The van der Waals surface area contributed by atoms with Gasteiger partial charge in [-0.2, -0.15) is 4.68 Å². The van der Waals surface area contributed by atoms with Gasteiger partial charge in [-0.05, 0) is 34.7 Å². The number of tetrazole rings is 1. The van der Waals surface area contributed by atoms with Crippen molar-refractivity contribution in [2.75, 3.05) is 12.3 Å². The summed E-state index contributed by atoms with van der Waals surface area (Å²) in [7, 11) is 0. The van der Waals surface area contributed by atoms with Crippen molar-refractivity contribution in [3.63, 3.8) is 0 Å². The number of ether oxygens (including phenoxy) is 1. The van der Waals surface area contributed by atoms with Gasteiger partial charge >= 0.3 is 0 Å². The molecule has 0 amide bonds. The van der Waals surface area contributed by atoms with Gasteiger partial charge in [-0.1, -0.05) is 66.4 Å². The first-order valence-corrected chi connectivity index (χ1v) is 10.9. The molecular weight excluding hydrogens is 449 g/mol. The maximum absolute atomic E-state index is 13.8. The predicted octanol–water partition coefficient (Wildman–Crippen LogP) is 4.68. The number of aromatic nitrogens is 4. The van der Waals surface area contributed by atoms with Gasteiger partial charge in [0, 0.05) is 30.0 Å². The van der Waals surface area contributed by atoms with Crippen LogP contribution in [0.3, 0.4) is 0 Å². The summed E-state index contributed by atoms with van der Waals surface area (Å²) in [5, 5.41) is 16.1. The lowest BCUT2D eigenvalue weighted by Gasteiger charge is -2.12. The molecule has 0 radical (unpaired) electrons. The number of benzene rings is 3. The molecule has 0 aliphatic rings. The van der Waals surface area contributed by atoms with E-state index < -0.39 is 0 Å². The molecule has 4 aromatic rings. The van der Waals surface area contributed by atoms with Crippen molar-refractivity contribution in [3.05, 3.63) is 95.8 Å². The number of para-hydroxylation sites is 2. The Morgan fingerprint density at radius 2 is 1.62 bits per heavy atom. The summed E-state index contributed by atoms with van der Waals surface area (Å²) in [5.41, 5.74) is 2.50. The maximum atomic E-state index is 13.8. The van der Waals surface area contributed by atoms with Crippen molar-refractivity contribution < 1.29 is 9.13 Å². The van der Waals surface area contributed by atoms with Gasteiger partial charge in [0.1, 0.15) is 18.2 Å². The lowest BCUT2D eigenvalue weighted by Crippen LogP contribution is -2.17. The van der Waals surface area contributed by atoms with Crippen molar-refractivity contribution in [3.8, 4) is 11.4 Å². The maximum Gasteiger partial charge on any atom is 0.214 e. The average molecular weight is 472 g/mol. The lowest BCUT2D eigenvalue weighted by atomic mass is 10.2. The topological polar surface area (TPSA) is 64.9 Å². The zero-order valence-corrected chi connectivity index (χ0v) is 18.9. The Balaban J connectivity index is 0.00000289. The quantitative estimate of drug-likeness (QED) is 0.267. The van der Waals surface area contributed by atoms with Gasteiger partial charge < -0.3 is 10.1 Å². The SMILES string of the molecule is Cl.Fc1ccccc1COc1ccccc1CNCCSc1nnnn1-c1ccccc1. The van der Waals surface area contributed by atoms with Gasteiger partial charge in [-0.15, -0.1) is 17.5 Å². The van der Waals surface area contributed by atoms with E-state index in [4.69, 9.17) is 4.74 Å². The number of nitrogens with zero attached hydrogens (tertiary/aromatic N) is 4. The minimum absolute atomic E-state index is 0. The van der Waals surface area contributed by atoms with E-state index in [9.17, 15) is 4.39 Å². The van der Waals surface area contributed by atoms with Crippen LogP contribution in [0, 0.1) is 5.82 Å². The zero-order valence-electron chi connectivity index (χ0n) is 17.2. The van der Waals surface area contributed by atoms with Crippen LogP contribution in [-0.2, 0) is 13.2 Å². The third kappa shape index (κ3) is 6.29. The zero-order chi connectivity index (χ0) is 21.3. The Hall–Kier alpha value is -2.94. The van der Waals surface area contributed by atoms with Crippen molar-refractivity contribution in [1.29, 1.82) is 0 Å². The first-order valence-electron chi connectivity index (χ1n) is 9.92. The molecule has 0 saturated carbocycles. The third-order valence-electron chi connectivity index (χ3n) is 4.58. The fourth-order valence-electron chi connectivity index (χ4n) is 3.00. The molecule has 3 aromatic carbocycles. The van der Waals surface area contributed by atoms with Crippen LogP contribution in [-0.4, -0.2) is 32.5 Å². The van der Waals surface area contributed by atoms with Gasteiger partial charge in [-0.3, -0.25) is 0 Å². The lowest BCUT2D eigenvalue weighted by molar-refractivity contribution is 0.296. The van der Waals surface area contributed by atoms with E-state index in [1.165, 1.54) is 6.07 Å². The van der Waals surface area contributed by atoms with Crippen LogP contribution in [0.15, 0.2) is 84.0 Å². The predicted molar refractivity (Wildman–Crippen MR) is 126 cm³/mol. The summed E-state index contributed by atoms with van der Waals surface area (Å²) >= 11 is 1.59. The summed E-state index contributed by atoms with van der Waals surface area (Å²) in [6, 6.07) is 24.3. The number of hydrogen-bond donors (Lipinski definition) is 1. The molecule has 0 bridgehead atoms. The highest BCUT2D eigenvalue weighted by Crippen LogP contribution is 2.21. The number of nitrogens with one attached hydrogen (secondary N) is 1. The van der Waals surface area contributed by atoms with Crippen LogP contribution >= 0.6 is 24.2 Å². The van der Waals surface area contributed by atoms with E-state index in [2.05, 4.69) is 20.8 Å². The molecule has 0 spiro atoms. The monoisotopic (exact) mass is 471 g/mol. The van der Waals surface area contributed by atoms with Gasteiger partial charge in [0.25, 0.3) is 0 Å². The Kier molecular flexibility index (Phi) is 9.03. The van der Waals surface area contributed by atoms with Crippen molar-refractivity contribution in [2.45, 2.75) is 18.3 Å². The van der Waals surface area contributed by atoms with Crippen LogP contribution < -0.4 is 10.1 Å². The van der Waals surface area contributed by atoms with E-state index in [1.54, 1.807) is 34.6 Å². The Bertz CT molecular complexity index is 1110. The van der Waals surface area contributed by atoms with Crippen LogP contribution in [0.5, 0.6) is 5.75 Å². The van der Waals surface area contributed by atoms with E-state index in [1.807, 2.05) is 54.6 Å². The summed E-state index contributed by atoms with van der Waals surface area (Å²) in [6.07, 6.45) is 0. The Morgan fingerprint density at radius 1 is 0.906 bits per heavy atom. The van der Waals surface area contributed by atoms with Crippen molar-refractivity contribution >= 4 is 24.2 Å². The standard InChI is InChI=1S/C23H22FN5OS.ClH/c24-21-12-6-4-9-19(21)17-30-22-13-7-5-8-18(22)16-25-14-15-31-23-26-27-28-29(23)20-10-2-1-3-11-20;/h1-13,25H,14-17H2;1H. The van der Waals surface area contributed by atoms with E-state index in [0.29, 0.717) is 12.1 Å². The number of halogens is 2. The molecule has 1 N–H and O–H groups in total. The molecule has 6 nitrogen and oxygen atoms in total. The van der Waals surface area contributed by atoms with E-state index in [0.717, 1.165) is 34.5 Å². The van der Waals surface area contributed by atoms with Gasteiger partial charge in [-0.25, -0.2) is 4.39 Å². The van der Waals surface area contributed by atoms with E-state index in [-0.39, 0.29) is 24.8 Å². The first-order chi connectivity index (χ1) is 15.3. The highest BCUT2D eigenvalue weighted by molar-refractivity contribution is 7.99. The van der Waals surface area contributed by atoms with Crippen molar-refractivity contribution in [1.82, 2.24) is 25.5 Å². The fourth-order valence-corrected chi connectivity index (χ4v) is 3.79. The van der Waals surface area contributed by atoms with Crippen LogP contribution in [0.2, 0.25) is 0 Å². The molecule has 4 rings (SSSR count). The Labute approximate surface area is 196 Å². The molecule has 1 aromatic heterocycles. The average Bonchev–Trinajstić information content (AvgIpc) is 3.28. The molecule has 32 heavy (non-hydrogen) atoms. The molecular formula is C23H23ClFN5OS. The van der Waals surface area contributed by atoms with E-state index >= 15 is 0 Å². The molecule has 0 aliphatic carbocycles. The Morgan fingerprint density at radius 3 is 2.44 bits per heavy atom. The molecule has 0 atom stereocenters. The smallest absolute Gasteiger partial charge is 0.214 e. The second-order valence-electron chi connectivity index (χ2n) is 6.72. The number of rotatable bonds is 10. The van der Waals surface area contributed by atoms with Crippen LogP contribution in [0.4, 0.5) is 4.39 Å². The minimum Gasteiger partial charge on any atom is -0.488 e. The van der Waals surface area contributed by atoms with Crippen LogP contribution in [0.25, 0.3) is 5.69 Å². The summed E-state index contributed by atoms with van der Waals surface area (Å²) in [6.45, 7) is 1.62. The molecule has 0 saturated heterocycles. The van der Waals surface area contributed by atoms with Gasteiger partial charge in [0.2, 0.25) is 5.16 Å². The van der Waals surface area contributed by atoms with Crippen LogP contribution in [0.1, 0.15) is 11.1 Å². The first kappa shape index (κ1) is 23.7. The molecule has 0 aliphatic heterocycles. The summed E-state index contributed by atoms with van der Waals surface area (Å²) < 4.78 is 21.4. The number of hydrogen-bond acceptors (Lipinski definition) is 6. The van der Waals surface area contributed by atoms with Gasteiger partial charge in [0.15, 0.2) is 0 Å². The summed E-state index contributed by atoms with van der Waals surface area (Å²) in [4.78, 5) is 0. The molecule has 0 unspecified atom stereocenters. The second-order valence-corrected chi connectivity index (χ2v) is 7.78. The highest BCUT2D eigenvalue weighted by atomic mass is 35.5. The molecule has 0 fully saturated rings. The summed E-state index contributed by atoms with van der Waals surface area (Å²) in [5.74, 6) is 1.30. The third-order valence-corrected chi connectivity index (χ3v) is 5.50. The highest BCUT2D eigenvalue weighted by Gasteiger charge is 2.09. The fraction of sp³-hybridized carbons (Fsp3) is 0.174. The van der Waals surface area contributed by atoms with Gasteiger partial charge in [0.05, 0.1) is 5.69 Å². The second kappa shape index (κ2) is 12.2. The largest absolute Gasteiger partial charge is 0.488 e. The normalized spacial score (nSPS) is 10.5. The number of thioether (sulfide) groups is 1. The van der Waals surface area contributed by atoms with Crippen molar-refractivity contribution in [2.24, 2.45) is 0 Å². The molecule has 9 heteroatoms.